The molecule has 0 aliphatic carbocycles. The van der Waals surface area contributed by atoms with Crippen LogP contribution < -0.4 is 11.0 Å². The highest BCUT2D eigenvalue weighted by Gasteiger charge is 2.15. The minimum atomic E-state index is -1.75. The minimum Gasteiger partial charge on any atom is -0.423 e. The second-order valence-corrected chi connectivity index (χ2v) is 2.14. The fourth-order valence-electron chi connectivity index (χ4n) is 0.702. The molecule has 0 saturated carbocycles. The minimum absolute atomic E-state index is 0.116. The molecule has 1 heterocycles. The molecule has 58 valence electrons. The van der Waals surface area contributed by atoms with Crippen LogP contribution in [0, 0.1) is 0 Å². The molecular formula is C5H7BN2O3. The van der Waals surface area contributed by atoms with Crippen LogP contribution in [-0.2, 0) is 7.05 Å². The molecule has 0 aromatic carbocycles. The molecule has 0 spiro atoms. The van der Waals surface area contributed by atoms with Gasteiger partial charge in [0.15, 0.2) is 0 Å². The van der Waals surface area contributed by atoms with Crippen LogP contribution in [-0.4, -0.2) is 26.7 Å². The van der Waals surface area contributed by atoms with Gasteiger partial charge >= 0.3 is 7.12 Å². The highest BCUT2D eigenvalue weighted by molar-refractivity contribution is 6.58. The largest absolute Gasteiger partial charge is 0.495 e. The van der Waals surface area contributed by atoms with Crippen molar-refractivity contribution in [1.82, 2.24) is 9.55 Å². The Kier molecular flexibility index (Phi) is 2.07. The van der Waals surface area contributed by atoms with E-state index in [9.17, 15) is 4.79 Å². The fourth-order valence-corrected chi connectivity index (χ4v) is 0.702. The van der Waals surface area contributed by atoms with Crippen molar-refractivity contribution in [1.29, 1.82) is 0 Å². The molecule has 0 aliphatic rings. The van der Waals surface area contributed by atoms with Crippen LogP contribution in [0.1, 0.15) is 0 Å². The maximum absolute atomic E-state index is 11.0. The zero-order valence-electron chi connectivity index (χ0n) is 5.93. The molecule has 11 heavy (non-hydrogen) atoms. The number of nitrogens with zero attached hydrogens (tertiary/aromatic N) is 2. The molecule has 0 fully saturated rings. The van der Waals surface area contributed by atoms with E-state index in [2.05, 4.69) is 4.98 Å². The lowest BCUT2D eigenvalue weighted by molar-refractivity contribution is 0.424. The summed E-state index contributed by atoms with van der Waals surface area (Å²) in [4.78, 5) is 14.6. The normalized spacial score (nSPS) is 9.73. The Morgan fingerprint density at radius 1 is 1.64 bits per heavy atom. The third-order valence-corrected chi connectivity index (χ3v) is 1.30. The molecule has 1 aromatic heterocycles. The number of rotatable bonds is 1. The van der Waals surface area contributed by atoms with E-state index in [4.69, 9.17) is 10.0 Å². The van der Waals surface area contributed by atoms with Gasteiger partial charge in [-0.2, -0.15) is 0 Å². The van der Waals surface area contributed by atoms with Gasteiger partial charge in [-0.3, -0.25) is 4.79 Å². The van der Waals surface area contributed by atoms with Crippen molar-refractivity contribution in [2.24, 2.45) is 7.05 Å². The summed E-state index contributed by atoms with van der Waals surface area (Å²) < 4.78 is 1.18. The molecule has 0 bridgehead atoms. The van der Waals surface area contributed by atoms with Crippen LogP contribution in [0.5, 0.6) is 0 Å². The lowest BCUT2D eigenvalue weighted by Crippen LogP contribution is -2.45. The lowest BCUT2D eigenvalue weighted by atomic mass is 9.82. The molecule has 0 saturated heterocycles. The van der Waals surface area contributed by atoms with E-state index >= 15 is 0 Å². The van der Waals surface area contributed by atoms with Gasteiger partial charge in [0.25, 0.3) is 5.56 Å². The molecule has 6 heteroatoms. The summed E-state index contributed by atoms with van der Waals surface area (Å²) in [6.45, 7) is 0. The fraction of sp³-hybridized carbons (Fsp3) is 0.200. The Hall–Kier alpha value is -1.14. The van der Waals surface area contributed by atoms with E-state index < -0.39 is 12.7 Å². The van der Waals surface area contributed by atoms with Crippen LogP contribution in [0.15, 0.2) is 17.3 Å². The molecule has 0 amide bonds. The van der Waals surface area contributed by atoms with Crippen molar-refractivity contribution in [3.8, 4) is 0 Å². The van der Waals surface area contributed by atoms with E-state index in [1.807, 2.05) is 0 Å². The van der Waals surface area contributed by atoms with Crippen molar-refractivity contribution >= 4 is 12.6 Å². The van der Waals surface area contributed by atoms with Gasteiger partial charge in [0, 0.05) is 13.2 Å². The van der Waals surface area contributed by atoms with Crippen molar-refractivity contribution in [2.75, 3.05) is 0 Å². The summed E-state index contributed by atoms with van der Waals surface area (Å²) in [5.41, 5.74) is -0.565. The summed E-state index contributed by atoms with van der Waals surface area (Å²) in [6, 6.07) is 0. The molecule has 1 rings (SSSR count). The highest BCUT2D eigenvalue weighted by Crippen LogP contribution is 1.70. The number of hydrogen-bond acceptors (Lipinski definition) is 4. The van der Waals surface area contributed by atoms with Crippen LogP contribution in [0.4, 0.5) is 0 Å². The van der Waals surface area contributed by atoms with Gasteiger partial charge in [0.2, 0.25) is 0 Å². The second-order valence-electron chi connectivity index (χ2n) is 2.14. The Balaban J connectivity index is 3.28. The highest BCUT2D eigenvalue weighted by atomic mass is 16.4. The van der Waals surface area contributed by atoms with Gasteiger partial charge in [-0.25, -0.2) is 4.98 Å². The first-order valence-electron chi connectivity index (χ1n) is 2.99. The summed E-state index contributed by atoms with van der Waals surface area (Å²) in [5.74, 6) is 0. The number of hydrogen-bond donors (Lipinski definition) is 2. The smallest absolute Gasteiger partial charge is 0.423 e. The predicted molar refractivity (Wildman–Crippen MR) is 39.3 cm³/mol. The standard InChI is InChI=1S/C5H7BN2O3/c1-8-3-7-2-4(5(8)9)6(10)11/h2-3,10-11H,1H3. The quantitative estimate of drug-likeness (QED) is 0.437. The lowest BCUT2D eigenvalue weighted by Gasteiger charge is -1.99. The van der Waals surface area contributed by atoms with Gasteiger partial charge < -0.3 is 14.6 Å². The van der Waals surface area contributed by atoms with E-state index in [-0.39, 0.29) is 5.46 Å². The van der Waals surface area contributed by atoms with Crippen LogP contribution in [0.25, 0.3) is 0 Å². The zero-order valence-corrected chi connectivity index (χ0v) is 5.93. The zero-order chi connectivity index (χ0) is 8.43. The van der Waals surface area contributed by atoms with Crippen LogP contribution >= 0.6 is 0 Å². The van der Waals surface area contributed by atoms with Crippen molar-refractivity contribution in [3.63, 3.8) is 0 Å². The van der Waals surface area contributed by atoms with Crippen LogP contribution in [0.3, 0.4) is 0 Å². The molecule has 0 aliphatic heterocycles. The van der Waals surface area contributed by atoms with Crippen LogP contribution in [0.2, 0.25) is 0 Å². The maximum Gasteiger partial charge on any atom is 0.495 e. The Morgan fingerprint density at radius 2 is 2.27 bits per heavy atom. The van der Waals surface area contributed by atoms with E-state index in [1.54, 1.807) is 0 Å². The Morgan fingerprint density at radius 3 is 2.73 bits per heavy atom. The number of aromatic nitrogens is 2. The second kappa shape index (κ2) is 2.85. The van der Waals surface area contributed by atoms with Crippen molar-refractivity contribution in [2.45, 2.75) is 0 Å². The molecule has 0 unspecified atom stereocenters. The van der Waals surface area contributed by atoms with Gasteiger partial charge in [0.1, 0.15) is 0 Å². The first-order valence-corrected chi connectivity index (χ1v) is 2.99. The summed E-state index contributed by atoms with van der Waals surface area (Å²) >= 11 is 0. The third-order valence-electron chi connectivity index (χ3n) is 1.30. The monoisotopic (exact) mass is 154 g/mol. The maximum atomic E-state index is 11.0. The Labute approximate surface area is 63.1 Å². The van der Waals surface area contributed by atoms with E-state index in [0.29, 0.717) is 0 Å². The third kappa shape index (κ3) is 1.47. The molecule has 0 atom stereocenters. The first-order chi connectivity index (χ1) is 5.13. The van der Waals surface area contributed by atoms with E-state index in [0.717, 1.165) is 6.20 Å². The molecule has 0 radical (unpaired) electrons. The van der Waals surface area contributed by atoms with Crippen molar-refractivity contribution in [3.05, 3.63) is 22.9 Å². The molecular weight excluding hydrogens is 147 g/mol. The first kappa shape index (κ1) is 7.97. The van der Waals surface area contributed by atoms with Gasteiger partial charge in [-0.15, -0.1) is 0 Å². The topological polar surface area (TPSA) is 75.3 Å². The number of aryl methyl sites for hydroxylation is 1. The van der Waals surface area contributed by atoms with Gasteiger partial charge in [-0.05, 0) is 0 Å². The predicted octanol–water partition coefficient (Wildman–Crippen LogP) is -2.54. The van der Waals surface area contributed by atoms with E-state index in [1.165, 1.54) is 17.9 Å². The Bertz CT molecular complexity index is 309. The van der Waals surface area contributed by atoms with Gasteiger partial charge in [0.05, 0.1) is 11.8 Å². The summed E-state index contributed by atoms with van der Waals surface area (Å²) in [7, 11) is -0.260. The average molecular weight is 154 g/mol. The molecule has 1 aromatic rings. The summed E-state index contributed by atoms with van der Waals surface area (Å²) in [5, 5.41) is 17.3. The molecule has 2 N–H and O–H groups in total. The SMILES string of the molecule is Cn1cncc(B(O)O)c1=O. The van der Waals surface area contributed by atoms with Crippen molar-refractivity contribution < 1.29 is 10.0 Å². The summed E-state index contributed by atoms with van der Waals surface area (Å²) in [6.07, 6.45) is 2.43. The molecule has 5 nitrogen and oxygen atoms in total. The van der Waals surface area contributed by atoms with Gasteiger partial charge in [-0.1, -0.05) is 0 Å². The average Bonchev–Trinajstić information content (AvgIpc) is 1.94.